The van der Waals surface area contributed by atoms with Crippen molar-refractivity contribution in [2.75, 3.05) is 38.2 Å². The number of ether oxygens (including phenoxy) is 2. The summed E-state index contributed by atoms with van der Waals surface area (Å²) >= 11 is 0. The quantitative estimate of drug-likeness (QED) is 0.403. The number of rotatable bonds is 6. The van der Waals surface area contributed by atoms with Crippen molar-refractivity contribution >= 4 is 34.4 Å². The molecule has 0 saturated carbocycles. The van der Waals surface area contributed by atoms with Gasteiger partial charge in [0.15, 0.2) is 6.61 Å². The van der Waals surface area contributed by atoms with E-state index in [1.165, 1.54) is 0 Å². The molecule has 1 fully saturated rings. The second-order valence-corrected chi connectivity index (χ2v) is 8.51. The van der Waals surface area contributed by atoms with E-state index in [-0.39, 0.29) is 24.0 Å². The Morgan fingerprint density at radius 2 is 1.57 bits per heavy atom. The van der Waals surface area contributed by atoms with Gasteiger partial charge in [0.25, 0.3) is 11.8 Å². The van der Waals surface area contributed by atoms with Gasteiger partial charge in [0, 0.05) is 24.0 Å². The molecule has 0 aliphatic carbocycles. The topological polar surface area (TPSA) is 97.8 Å². The summed E-state index contributed by atoms with van der Waals surface area (Å²) < 4.78 is 10.5. The summed E-state index contributed by atoms with van der Waals surface area (Å²) in [7, 11) is 0. The first-order valence-corrected chi connectivity index (χ1v) is 12.0. The van der Waals surface area contributed by atoms with E-state index in [0.29, 0.717) is 54.2 Å². The number of fused-ring (bicyclic) bond motifs is 1. The van der Waals surface area contributed by atoms with Gasteiger partial charge in [-0.2, -0.15) is 0 Å². The number of aromatic nitrogens is 1. The van der Waals surface area contributed by atoms with Crippen LogP contribution in [0.25, 0.3) is 22.2 Å². The molecule has 0 radical (unpaired) electrons. The number of hydrogen-bond acceptors (Lipinski definition) is 6. The SMILES string of the molecule is O=C(OCC(=O)N1CCOCC1)c1ccccc1NC(=O)c1cc(-c2ccccc2)nc2ccccc12. The summed E-state index contributed by atoms with van der Waals surface area (Å²) in [5, 5.41) is 3.54. The maximum Gasteiger partial charge on any atom is 0.340 e. The van der Waals surface area contributed by atoms with E-state index < -0.39 is 5.97 Å². The fraction of sp³-hybridized carbons (Fsp3) is 0.172. The van der Waals surface area contributed by atoms with E-state index in [1.807, 2.05) is 54.6 Å². The van der Waals surface area contributed by atoms with Crippen LogP contribution >= 0.6 is 0 Å². The molecular formula is C29H25N3O5. The van der Waals surface area contributed by atoms with Crippen molar-refractivity contribution < 1.29 is 23.9 Å². The van der Waals surface area contributed by atoms with Gasteiger partial charge in [0.1, 0.15) is 0 Å². The summed E-state index contributed by atoms with van der Waals surface area (Å²) in [5.41, 5.74) is 3.11. The van der Waals surface area contributed by atoms with Crippen LogP contribution in [-0.4, -0.2) is 60.6 Å². The summed E-state index contributed by atoms with van der Waals surface area (Å²) in [6.45, 7) is 1.48. The van der Waals surface area contributed by atoms with Gasteiger partial charge in [-0.1, -0.05) is 60.7 Å². The Hall–Kier alpha value is -4.56. The van der Waals surface area contributed by atoms with Crippen LogP contribution in [0.3, 0.4) is 0 Å². The molecule has 2 amide bonds. The van der Waals surface area contributed by atoms with E-state index >= 15 is 0 Å². The van der Waals surface area contributed by atoms with Gasteiger partial charge in [0.05, 0.1) is 41.2 Å². The van der Waals surface area contributed by atoms with E-state index in [1.54, 1.807) is 35.2 Å². The van der Waals surface area contributed by atoms with Crippen molar-refractivity contribution in [2.24, 2.45) is 0 Å². The van der Waals surface area contributed by atoms with Gasteiger partial charge in [-0.05, 0) is 24.3 Å². The second kappa shape index (κ2) is 11.0. The average molecular weight is 496 g/mol. The van der Waals surface area contributed by atoms with Crippen molar-refractivity contribution in [1.29, 1.82) is 0 Å². The normalized spacial score (nSPS) is 13.2. The van der Waals surface area contributed by atoms with E-state index in [9.17, 15) is 14.4 Å². The van der Waals surface area contributed by atoms with Crippen LogP contribution in [0.2, 0.25) is 0 Å². The minimum atomic E-state index is -0.693. The zero-order valence-electron chi connectivity index (χ0n) is 20.1. The lowest BCUT2D eigenvalue weighted by molar-refractivity contribution is -0.138. The first kappa shape index (κ1) is 24.1. The highest BCUT2D eigenvalue weighted by Gasteiger charge is 2.21. The molecule has 186 valence electrons. The fourth-order valence-corrected chi connectivity index (χ4v) is 4.19. The summed E-state index contributed by atoms with van der Waals surface area (Å²) in [5.74, 6) is -1.36. The predicted octanol–water partition coefficient (Wildman–Crippen LogP) is 4.17. The molecule has 0 spiro atoms. The molecule has 1 aromatic heterocycles. The molecule has 8 nitrogen and oxygen atoms in total. The molecule has 4 aromatic rings. The van der Waals surface area contributed by atoms with Gasteiger partial charge >= 0.3 is 5.97 Å². The highest BCUT2D eigenvalue weighted by molar-refractivity contribution is 6.14. The third-order valence-electron chi connectivity index (χ3n) is 6.12. The van der Waals surface area contributed by atoms with Crippen LogP contribution in [-0.2, 0) is 14.3 Å². The number of carbonyl (C=O) groups excluding carboxylic acids is 3. The van der Waals surface area contributed by atoms with Gasteiger partial charge in [-0.25, -0.2) is 9.78 Å². The van der Waals surface area contributed by atoms with Gasteiger partial charge in [-0.3, -0.25) is 9.59 Å². The summed E-state index contributed by atoms with van der Waals surface area (Å²) in [6, 6.07) is 25.3. The maximum absolute atomic E-state index is 13.5. The van der Waals surface area contributed by atoms with Crippen LogP contribution in [0, 0.1) is 0 Å². The standard InChI is InChI=1S/C29H25N3O5/c33-27(32-14-16-36-17-15-32)19-37-29(35)22-11-5-7-13-25(22)31-28(34)23-18-26(20-8-2-1-3-9-20)30-24-12-6-4-10-21(23)24/h1-13,18H,14-17,19H2,(H,31,34). The third kappa shape index (κ3) is 5.49. The summed E-state index contributed by atoms with van der Waals surface area (Å²) in [4.78, 5) is 45.0. The lowest BCUT2D eigenvalue weighted by Crippen LogP contribution is -2.42. The van der Waals surface area contributed by atoms with E-state index in [2.05, 4.69) is 5.32 Å². The van der Waals surface area contributed by atoms with Gasteiger partial charge < -0.3 is 19.7 Å². The number of nitrogens with zero attached hydrogens (tertiary/aromatic N) is 2. The number of morpholine rings is 1. The van der Waals surface area contributed by atoms with Crippen LogP contribution in [0.1, 0.15) is 20.7 Å². The molecule has 0 atom stereocenters. The number of benzene rings is 3. The third-order valence-corrected chi connectivity index (χ3v) is 6.12. The Bertz CT molecular complexity index is 1450. The molecule has 5 rings (SSSR count). The Labute approximate surface area is 213 Å². The first-order chi connectivity index (χ1) is 18.1. The number of esters is 1. The molecule has 37 heavy (non-hydrogen) atoms. The highest BCUT2D eigenvalue weighted by Crippen LogP contribution is 2.26. The number of nitrogens with one attached hydrogen (secondary N) is 1. The highest BCUT2D eigenvalue weighted by atomic mass is 16.5. The van der Waals surface area contributed by atoms with Gasteiger partial charge in [-0.15, -0.1) is 0 Å². The van der Waals surface area contributed by atoms with E-state index in [4.69, 9.17) is 14.5 Å². The zero-order valence-corrected chi connectivity index (χ0v) is 20.1. The molecule has 3 aromatic carbocycles. The average Bonchev–Trinajstić information content (AvgIpc) is 2.96. The molecule has 1 aliphatic rings. The van der Waals surface area contributed by atoms with E-state index in [0.717, 1.165) is 5.56 Å². The van der Waals surface area contributed by atoms with Gasteiger partial charge in [0.2, 0.25) is 0 Å². The molecule has 8 heteroatoms. The largest absolute Gasteiger partial charge is 0.452 e. The van der Waals surface area contributed by atoms with Crippen LogP contribution in [0.5, 0.6) is 0 Å². The first-order valence-electron chi connectivity index (χ1n) is 12.0. The molecule has 0 unspecified atom stereocenters. The number of amides is 2. The molecular weight excluding hydrogens is 470 g/mol. The Kier molecular flexibility index (Phi) is 7.19. The Balaban J connectivity index is 1.38. The summed E-state index contributed by atoms with van der Waals surface area (Å²) in [6.07, 6.45) is 0. The minimum absolute atomic E-state index is 0.160. The lowest BCUT2D eigenvalue weighted by atomic mass is 10.0. The van der Waals surface area contributed by atoms with Crippen molar-refractivity contribution in [2.45, 2.75) is 0 Å². The Morgan fingerprint density at radius 3 is 2.38 bits per heavy atom. The fourth-order valence-electron chi connectivity index (χ4n) is 4.19. The molecule has 1 aliphatic heterocycles. The number of pyridine rings is 1. The number of anilines is 1. The minimum Gasteiger partial charge on any atom is -0.452 e. The second-order valence-electron chi connectivity index (χ2n) is 8.51. The zero-order chi connectivity index (χ0) is 25.6. The van der Waals surface area contributed by atoms with Crippen molar-refractivity contribution in [3.8, 4) is 11.3 Å². The molecule has 1 saturated heterocycles. The smallest absolute Gasteiger partial charge is 0.340 e. The molecule has 2 heterocycles. The number of hydrogen-bond donors (Lipinski definition) is 1. The van der Waals surface area contributed by atoms with Crippen LogP contribution in [0.4, 0.5) is 5.69 Å². The number of carbonyl (C=O) groups is 3. The van der Waals surface area contributed by atoms with Crippen molar-refractivity contribution in [1.82, 2.24) is 9.88 Å². The van der Waals surface area contributed by atoms with Crippen molar-refractivity contribution in [3.63, 3.8) is 0 Å². The number of para-hydroxylation sites is 2. The van der Waals surface area contributed by atoms with Crippen LogP contribution in [0.15, 0.2) is 84.9 Å². The Morgan fingerprint density at radius 1 is 0.865 bits per heavy atom. The van der Waals surface area contributed by atoms with Crippen molar-refractivity contribution in [3.05, 3.63) is 96.1 Å². The monoisotopic (exact) mass is 495 g/mol. The molecule has 1 N–H and O–H groups in total. The lowest BCUT2D eigenvalue weighted by Gasteiger charge is -2.26. The predicted molar refractivity (Wildman–Crippen MR) is 139 cm³/mol. The maximum atomic E-state index is 13.5. The van der Waals surface area contributed by atoms with Crippen LogP contribution < -0.4 is 5.32 Å². The molecule has 0 bridgehead atoms.